The minimum absolute atomic E-state index is 0.252. The number of carbonyl (C=O) groups is 4. The number of hydrogen-bond donors (Lipinski definition) is 3. The van der Waals surface area contributed by atoms with Crippen LogP contribution in [-0.2, 0) is 25.7 Å². The van der Waals surface area contributed by atoms with Crippen molar-refractivity contribution in [3.63, 3.8) is 0 Å². The highest BCUT2D eigenvalue weighted by molar-refractivity contribution is 5.94. The van der Waals surface area contributed by atoms with Gasteiger partial charge in [0, 0.05) is 13.1 Å². The summed E-state index contributed by atoms with van der Waals surface area (Å²) < 4.78 is 5.34. The van der Waals surface area contributed by atoms with E-state index in [0.29, 0.717) is 12.0 Å². The Morgan fingerprint density at radius 1 is 0.950 bits per heavy atom. The Balaban J connectivity index is 2.49. The van der Waals surface area contributed by atoms with Gasteiger partial charge in [0.1, 0.15) is 17.7 Å². The molecule has 9 nitrogen and oxygen atoms in total. The zero-order valence-corrected chi connectivity index (χ0v) is 24.4. The molecule has 0 saturated heterocycles. The Labute approximate surface area is 237 Å². The standard InChI is InChI=1S/C31H44N4O5/c1-6-7-8-14-19-35(29(38)25(20-26(32)36)34-30(39)40-31(3,4)5)27(24-18-13-12-15-22(24)2)28(37)33-21-23-16-10-9-11-17-23/h9-13,15-18,25,27H,6-8,14,19-21H2,1-5H3,(H2,32,36)(H,33,37)(H,34,39). The van der Waals surface area contributed by atoms with Crippen molar-refractivity contribution >= 4 is 23.8 Å². The molecule has 0 heterocycles. The van der Waals surface area contributed by atoms with Crippen LogP contribution in [0.2, 0.25) is 0 Å². The fourth-order valence-corrected chi connectivity index (χ4v) is 4.35. The molecule has 40 heavy (non-hydrogen) atoms. The molecular formula is C31H44N4O5. The first-order valence-corrected chi connectivity index (χ1v) is 13.9. The molecule has 0 aliphatic heterocycles. The molecule has 4 N–H and O–H groups in total. The molecule has 9 heteroatoms. The summed E-state index contributed by atoms with van der Waals surface area (Å²) in [5, 5.41) is 5.50. The van der Waals surface area contributed by atoms with Crippen molar-refractivity contribution < 1.29 is 23.9 Å². The van der Waals surface area contributed by atoms with E-state index in [0.717, 1.165) is 30.4 Å². The van der Waals surface area contributed by atoms with Gasteiger partial charge in [0.2, 0.25) is 17.7 Å². The normalized spacial score (nSPS) is 12.6. The summed E-state index contributed by atoms with van der Waals surface area (Å²) in [5.41, 5.74) is 7.07. The number of unbranched alkanes of at least 4 members (excludes halogenated alkanes) is 3. The number of amides is 4. The van der Waals surface area contributed by atoms with Crippen molar-refractivity contribution in [3.8, 4) is 0 Å². The van der Waals surface area contributed by atoms with E-state index in [1.165, 1.54) is 4.90 Å². The number of carbonyl (C=O) groups excluding carboxylic acids is 4. The Kier molecular flexibility index (Phi) is 12.6. The molecule has 0 aliphatic rings. The monoisotopic (exact) mass is 552 g/mol. The molecule has 4 amide bonds. The van der Waals surface area contributed by atoms with Gasteiger partial charge in [-0.15, -0.1) is 0 Å². The largest absolute Gasteiger partial charge is 0.444 e. The highest BCUT2D eigenvalue weighted by Gasteiger charge is 2.37. The second-order valence-corrected chi connectivity index (χ2v) is 10.9. The number of ether oxygens (including phenoxy) is 1. The number of benzene rings is 2. The van der Waals surface area contributed by atoms with Crippen molar-refractivity contribution in [1.29, 1.82) is 0 Å². The lowest BCUT2D eigenvalue weighted by atomic mass is 9.97. The van der Waals surface area contributed by atoms with Crippen molar-refractivity contribution in [2.45, 2.75) is 91.0 Å². The molecule has 2 aromatic rings. The van der Waals surface area contributed by atoms with Crippen LogP contribution in [0.15, 0.2) is 54.6 Å². The summed E-state index contributed by atoms with van der Waals surface area (Å²) in [7, 11) is 0. The first-order chi connectivity index (χ1) is 18.9. The lowest BCUT2D eigenvalue weighted by molar-refractivity contribution is -0.143. The van der Waals surface area contributed by atoms with Gasteiger partial charge in [-0.2, -0.15) is 0 Å². The number of rotatable bonds is 14. The first-order valence-electron chi connectivity index (χ1n) is 13.9. The van der Waals surface area contributed by atoms with E-state index in [1.54, 1.807) is 20.8 Å². The average molecular weight is 553 g/mol. The van der Waals surface area contributed by atoms with E-state index in [2.05, 4.69) is 17.6 Å². The number of primary amides is 1. The third-order valence-electron chi connectivity index (χ3n) is 6.28. The second kappa shape index (κ2) is 15.6. The van der Waals surface area contributed by atoms with E-state index < -0.39 is 42.0 Å². The van der Waals surface area contributed by atoms with Gasteiger partial charge in [-0.1, -0.05) is 80.8 Å². The summed E-state index contributed by atoms with van der Waals surface area (Å²) in [6, 6.07) is 14.6. The fraction of sp³-hybridized carbons (Fsp3) is 0.484. The third kappa shape index (κ3) is 10.7. The van der Waals surface area contributed by atoms with Crippen LogP contribution in [0.25, 0.3) is 0 Å². The van der Waals surface area contributed by atoms with Gasteiger partial charge < -0.3 is 26.0 Å². The molecule has 0 radical (unpaired) electrons. The molecule has 2 rings (SSSR count). The molecule has 2 aromatic carbocycles. The van der Waals surface area contributed by atoms with Crippen LogP contribution in [-0.4, -0.2) is 46.9 Å². The lowest BCUT2D eigenvalue weighted by Gasteiger charge is -2.35. The summed E-state index contributed by atoms with van der Waals surface area (Å²) >= 11 is 0. The number of hydrogen-bond acceptors (Lipinski definition) is 5. The van der Waals surface area contributed by atoms with Crippen molar-refractivity contribution in [3.05, 3.63) is 71.3 Å². The third-order valence-corrected chi connectivity index (χ3v) is 6.28. The van der Waals surface area contributed by atoms with Gasteiger partial charge in [-0.3, -0.25) is 14.4 Å². The van der Waals surface area contributed by atoms with Crippen molar-refractivity contribution in [2.24, 2.45) is 5.73 Å². The van der Waals surface area contributed by atoms with Gasteiger partial charge in [0.05, 0.1) is 6.42 Å². The summed E-state index contributed by atoms with van der Waals surface area (Å²) in [6.45, 7) is 9.59. The number of nitrogens with zero attached hydrogens (tertiary/aromatic N) is 1. The average Bonchev–Trinajstić information content (AvgIpc) is 2.88. The van der Waals surface area contributed by atoms with E-state index in [-0.39, 0.29) is 19.0 Å². The van der Waals surface area contributed by atoms with Gasteiger partial charge in [0.25, 0.3) is 0 Å². The maximum absolute atomic E-state index is 14.1. The topological polar surface area (TPSA) is 131 Å². The maximum Gasteiger partial charge on any atom is 0.408 e. The van der Waals surface area contributed by atoms with Crippen LogP contribution in [0.4, 0.5) is 4.79 Å². The van der Waals surface area contributed by atoms with E-state index in [4.69, 9.17) is 10.5 Å². The van der Waals surface area contributed by atoms with Gasteiger partial charge in [-0.25, -0.2) is 4.79 Å². The Hall–Kier alpha value is -3.88. The van der Waals surface area contributed by atoms with Crippen LogP contribution >= 0.6 is 0 Å². The zero-order chi connectivity index (χ0) is 29.7. The fourth-order valence-electron chi connectivity index (χ4n) is 4.35. The van der Waals surface area contributed by atoms with Crippen molar-refractivity contribution in [2.75, 3.05) is 6.54 Å². The second-order valence-electron chi connectivity index (χ2n) is 10.9. The molecule has 0 aliphatic carbocycles. The van der Waals surface area contributed by atoms with Crippen LogP contribution in [0, 0.1) is 6.92 Å². The molecule has 0 saturated carbocycles. The molecule has 2 unspecified atom stereocenters. The SMILES string of the molecule is CCCCCCN(C(=O)C(CC(N)=O)NC(=O)OC(C)(C)C)C(C(=O)NCc1ccccc1)c1ccccc1C. The van der Waals surface area contributed by atoms with E-state index >= 15 is 0 Å². The first kappa shape index (κ1) is 32.3. The predicted molar refractivity (Wildman–Crippen MR) is 155 cm³/mol. The molecule has 0 aromatic heterocycles. The quantitative estimate of drug-likeness (QED) is 0.296. The molecule has 0 fully saturated rings. The number of aryl methyl sites for hydroxylation is 1. The lowest BCUT2D eigenvalue weighted by Crippen LogP contribution is -2.54. The number of alkyl carbamates (subject to hydrolysis) is 1. The minimum atomic E-state index is -1.30. The molecular weight excluding hydrogens is 508 g/mol. The van der Waals surface area contributed by atoms with Gasteiger partial charge in [0.15, 0.2) is 0 Å². The molecule has 218 valence electrons. The number of nitrogens with two attached hydrogens (primary N) is 1. The van der Waals surface area contributed by atoms with Gasteiger partial charge >= 0.3 is 6.09 Å². The van der Waals surface area contributed by atoms with Crippen LogP contribution < -0.4 is 16.4 Å². The van der Waals surface area contributed by atoms with Crippen molar-refractivity contribution in [1.82, 2.24) is 15.5 Å². The van der Waals surface area contributed by atoms with E-state index in [9.17, 15) is 19.2 Å². The van der Waals surface area contributed by atoms with Crippen LogP contribution in [0.5, 0.6) is 0 Å². The Morgan fingerprint density at radius 3 is 2.20 bits per heavy atom. The molecule has 0 spiro atoms. The summed E-state index contributed by atoms with van der Waals surface area (Å²) in [6.07, 6.45) is 2.18. The number of nitrogens with one attached hydrogen (secondary N) is 2. The Morgan fingerprint density at radius 2 is 1.60 bits per heavy atom. The summed E-state index contributed by atoms with van der Waals surface area (Å²) in [4.78, 5) is 54.0. The predicted octanol–water partition coefficient (Wildman–Crippen LogP) is 4.53. The van der Waals surface area contributed by atoms with E-state index in [1.807, 2.05) is 61.5 Å². The highest BCUT2D eigenvalue weighted by Crippen LogP contribution is 2.27. The van der Waals surface area contributed by atoms with Crippen LogP contribution in [0.1, 0.15) is 82.5 Å². The van der Waals surface area contributed by atoms with Crippen LogP contribution in [0.3, 0.4) is 0 Å². The molecule has 2 atom stereocenters. The smallest absolute Gasteiger partial charge is 0.408 e. The Bertz CT molecular complexity index is 1130. The molecule has 0 bridgehead atoms. The minimum Gasteiger partial charge on any atom is -0.444 e. The highest BCUT2D eigenvalue weighted by atomic mass is 16.6. The van der Waals surface area contributed by atoms with Gasteiger partial charge in [-0.05, 0) is 50.8 Å². The summed E-state index contributed by atoms with van der Waals surface area (Å²) in [5.74, 6) is -1.71. The zero-order valence-electron chi connectivity index (χ0n) is 24.4. The maximum atomic E-state index is 14.1.